The molecule has 0 radical (unpaired) electrons. The van der Waals surface area contributed by atoms with Gasteiger partial charge < -0.3 is 0 Å². The Kier molecular flexibility index (Phi) is 4.82. The second-order valence-electron chi connectivity index (χ2n) is 7.27. The van der Waals surface area contributed by atoms with Crippen molar-refractivity contribution in [3.63, 3.8) is 0 Å². The Bertz CT molecular complexity index is 1130. The summed E-state index contributed by atoms with van der Waals surface area (Å²) in [6, 6.07) is 22.8. The van der Waals surface area contributed by atoms with E-state index in [0.29, 0.717) is 5.69 Å². The van der Waals surface area contributed by atoms with Crippen LogP contribution in [0.3, 0.4) is 0 Å². The zero-order chi connectivity index (χ0) is 19.7. The normalized spacial score (nSPS) is 13.3. The smallest absolute Gasteiger partial charge is 0.229 e. The van der Waals surface area contributed by atoms with Crippen LogP contribution in [0, 0.1) is 6.92 Å². The number of hydrogen-bond donors (Lipinski definition) is 1. The Morgan fingerprint density at radius 2 is 1.39 bits per heavy atom. The average Bonchev–Trinajstić information content (AvgIpc) is 2.82. The van der Waals surface area contributed by atoms with E-state index in [9.17, 15) is 8.42 Å². The zero-order valence-electron chi connectivity index (χ0n) is 16.1. The lowest BCUT2D eigenvalue weighted by Crippen LogP contribution is -2.10. The van der Waals surface area contributed by atoms with Gasteiger partial charge in [0.15, 0.2) is 0 Å². The summed E-state index contributed by atoms with van der Waals surface area (Å²) in [5, 5.41) is 0. The van der Waals surface area contributed by atoms with Gasteiger partial charge in [-0.3, -0.25) is 4.72 Å². The molecule has 28 heavy (non-hydrogen) atoms. The molecule has 0 heterocycles. The van der Waals surface area contributed by atoms with E-state index in [1.54, 1.807) is 6.07 Å². The lowest BCUT2D eigenvalue weighted by atomic mass is 9.91. The van der Waals surface area contributed by atoms with Crippen LogP contribution >= 0.6 is 0 Å². The minimum Gasteiger partial charge on any atom is -0.283 e. The third-order valence-electron chi connectivity index (χ3n) is 5.25. The molecule has 0 saturated heterocycles. The molecule has 3 nitrogen and oxygen atoms in total. The van der Waals surface area contributed by atoms with Gasteiger partial charge >= 0.3 is 0 Å². The quantitative estimate of drug-likeness (QED) is 0.681. The number of benzene rings is 3. The summed E-state index contributed by atoms with van der Waals surface area (Å²) in [5.41, 5.74) is 8.90. The molecule has 0 unspecified atom stereocenters. The predicted octanol–water partition coefficient (Wildman–Crippen LogP) is 5.05. The standard InChI is InChI=1S/C24H23NO2S/c1-17-20(10-7-13-24(17)25-28(2,26)27)16-23-21-11-5-3-8-18(21)14-15-19-9-4-6-12-22(19)23/h3-13,16,25H,14-15H2,1-2H3. The van der Waals surface area contributed by atoms with Crippen LogP contribution in [0.1, 0.15) is 33.4 Å². The SMILES string of the molecule is Cc1c(C=C2c3ccccc3CCc3ccccc32)cccc1NS(C)(=O)=O. The van der Waals surface area contributed by atoms with E-state index < -0.39 is 10.0 Å². The van der Waals surface area contributed by atoms with Gasteiger partial charge in [-0.2, -0.15) is 0 Å². The summed E-state index contributed by atoms with van der Waals surface area (Å²) >= 11 is 0. The van der Waals surface area contributed by atoms with Crippen LogP contribution < -0.4 is 4.72 Å². The van der Waals surface area contributed by atoms with Gasteiger partial charge in [0, 0.05) is 0 Å². The number of fused-ring (bicyclic) bond motifs is 2. The Labute approximate surface area is 166 Å². The van der Waals surface area contributed by atoms with Crippen LogP contribution in [-0.4, -0.2) is 14.7 Å². The van der Waals surface area contributed by atoms with Crippen molar-refractivity contribution < 1.29 is 8.42 Å². The van der Waals surface area contributed by atoms with E-state index in [1.807, 2.05) is 19.1 Å². The highest BCUT2D eigenvalue weighted by molar-refractivity contribution is 7.92. The van der Waals surface area contributed by atoms with E-state index in [2.05, 4.69) is 59.3 Å². The molecule has 0 amide bonds. The second kappa shape index (κ2) is 7.28. The molecule has 0 fully saturated rings. The van der Waals surface area contributed by atoms with Crippen LogP contribution in [0.4, 0.5) is 5.69 Å². The fourth-order valence-corrected chi connectivity index (χ4v) is 4.47. The summed E-state index contributed by atoms with van der Waals surface area (Å²) in [6.07, 6.45) is 5.39. The molecule has 0 bridgehead atoms. The van der Waals surface area contributed by atoms with Gasteiger partial charge in [0.25, 0.3) is 0 Å². The van der Waals surface area contributed by atoms with Gasteiger partial charge in [0.05, 0.1) is 11.9 Å². The average molecular weight is 390 g/mol. The molecule has 4 heteroatoms. The van der Waals surface area contributed by atoms with Crippen LogP contribution in [-0.2, 0) is 22.9 Å². The molecule has 3 aromatic rings. The maximum Gasteiger partial charge on any atom is 0.229 e. The highest BCUT2D eigenvalue weighted by atomic mass is 32.2. The molecule has 0 aromatic heterocycles. The highest BCUT2D eigenvalue weighted by Gasteiger charge is 2.18. The highest BCUT2D eigenvalue weighted by Crippen LogP contribution is 2.35. The van der Waals surface area contributed by atoms with Crippen LogP contribution in [0.2, 0.25) is 0 Å². The maximum absolute atomic E-state index is 11.7. The fourth-order valence-electron chi connectivity index (χ4n) is 3.85. The molecular formula is C24H23NO2S. The van der Waals surface area contributed by atoms with Crippen LogP contribution in [0.5, 0.6) is 0 Å². The first kappa shape index (κ1) is 18.5. The van der Waals surface area contributed by atoms with Crippen molar-refractivity contribution in [3.8, 4) is 0 Å². The summed E-state index contributed by atoms with van der Waals surface area (Å²) < 4.78 is 26.0. The summed E-state index contributed by atoms with van der Waals surface area (Å²) in [7, 11) is -3.32. The van der Waals surface area contributed by atoms with Crippen molar-refractivity contribution in [1.29, 1.82) is 0 Å². The zero-order valence-corrected chi connectivity index (χ0v) is 16.9. The van der Waals surface area contributed by atoms with Gasteiger partial charge in [0.2, 0.25) is 10.0 Å². The van der Waals surface area contributed by atoms with Crippen molar-refractivity contribution in [3.05, 3.63) is 100 Å². The Hall–Kier alpha value is -2.85. The molecule has 0 atom stereocenters. The number of sulfonamides is 1. The summed E-state index contributed by atoms with van der Waals surface area (Å²) in [5.74, 6) is 0. The monoisotopic (exact) mass is 389 g/mol. The molecule has 0 saturated carbocycles. The number of anilines is 1. The minimum absolute atomic E-state index is 0.618. The van der Waals surface area contributed by atoms with E-state index in [4.69, 9.17) is 0 Å². The van der Waals surface area contributed by atoms with E-state index in [-0.39, 0.29) is 0 Å². The molecule has 4 rings (SSSR count). The number of aryl methyl sites for hydroxylation is 2. The van der Waals surface area contributed by atoms with Gasteiger partial charge in [-0.15, -0.1) is 0 Å². The van der Waals surface area contributed by atoms with E-state index >= 15 is 0 Å². The van der Waals surface area contributed by atoms with Crippen LogP contribution in [0.15, 0.2) is 66.7 Å². The Balaban J connectivity index is 1.92. The molecule has 1 aliphatic rings. The molecule has 3 aromatic carbocycles. The first-order valence-electron chi connectivity index (χ1n) is 9.38. The van der Waals surface area contributed by atoms with E-state index in [0.717, 1.165) is 24.0 Å². The first-order valence-corrected chi connectivity index (χ1v) is 11.3. The van der Waals surface area contributed by atoms with Crippen LogP contribution in [0.25, 0.3) is 11.6 Å². The molecule has 0 aliphatic heterocycles. The predicted molar refractivity (Wildman–Crippen MR) is 117 cm³/mol. The van der Waals surface area contributed by atoms with Crippen molar-refractivity contribution >= 4 is 27.4 Å². The van der Waals surface area contributed by atoms with E-state index in [1.165, 1.54) is 34.1 Å². The van der Waals surface area contributed by atoms with Gasteiger partial charge in [0.1, 0.15) is 0 Å². The maximum atomic E-state index is 11.7. The number of hydrogen-bond acceptors (Lipinski definition) is 2. The van der Waals surface area contributed by atoms with Gasteiger partial charge in [-0.1, -0.05) is 60.7 Å². The number of nitrogens with one attached hydrogen (secondary N) is 1. The largest absolute Gasteiger partial charge is 0.283 e. The lowest BCUT2D eigenvalue weighted by molar-refractivity contribution is 0.607. The third-order valence-corrected chi connectivity index (χ3v) is 5.84. The molecule has 0 spiro atoms. The Morgan fingerprint density at radius 3 is 1.96 bits per heavy atom. The lowest BCUT2D eigenvalue weighted by Gasteiger charge is -2.14. The molecule has 1 N–H and O–H groups in total. The topological polar surface area (TPSA) is 46.2 Å². The summed E-state index contributed by atoms with van der Waals surface area (Å²) in [6.45, 7) is 1.95. The molecular weight excluding hydrogens is 366 g/mol. The minimum atomic E-state index is -3.32. The third kappa shape index (κ3) is 3.73. The van der Waals surface area contributed by atoms with Crippen molar-refractivity contribution in [2.75, 3.05) is 11.0 Å². The van der Waals surface area contributed by atoms with Gasteiger partial charge in [-0.05, 0) is 70.9 Å². The number of rotatable bonds is 3. The van der Waals surface area contributed by atoms with Crippen molar-refractivity contribution in [2.24, 2.45) is 0 Å². The second-order valence-corrected chi connectivity index (χ2v) is 9.01. The first-order chi connectivity index (χ1) is 13.4. The molecule has 1 aliphatic carbocycles. The summed E-state index contributed by atoms with van der Waals surface area (Å²) in [4.78, 5) is 0. The molecule has 142 valence electrons. The van der Waals surface area contributed by atoms with Gasteiger partial charge in [-0.25, -0.2) is 8.42 Å². The van der Waals surface area contributed by atoms with Crippen molar-refractivity contribution in [1.82, 2.24) is 0 Å². The van der Waals surface area contributed by atoms with Crippen molar-refractivity contribution in [2.45, 2.75) is 19.8 Å². The fraction of sp³-hybridized carbons (Fsp3) is 0.167. The Morgan fingerprint density at radius 1 is 0.821 bits per heavy atom.